The Morgan fingerprint density at radius 2 is 1.76 bits per heavy atom. The molecule has 7 heteroatoms. The van der Waals surface area contributed by atoms with Gasteiger partial charge in [0.15, 0.2) is 11.5 Å². The van der Waals surface area contributed by atoms with E-state index in [1.165, 1.54) is 0 Å². The van der Waals surface area contributed by atoms with E-state index >= 15 is 0 Å². The SMILES string of the molecule is COc1cc(CCC(=O)NCCn2c(C)nc3ccccc32)cc(OC)c1OC. The van der Waals surface area contributed by atoms with Gasteiger partial charge < -0.3 is 24.1 Å². The second-order valence-corrected chi connectivity index (χ2v) is 6.68. The number of nitrogens with one attached hydrogen (secondary N) is 1. The highest BCUT2D eigenvalue weighted by molar-refractivity contribution is 5.77. The van der Waals surface area contributed by atoms with Crippen LogP contribution in [0.3, 0.4) is 0 Å². The van der Waals surface area contributed by atoms with E-state index in [9.17, 15) is 4.79 Å². The van der Waals surface area contributed by atoms with Crippen LogP contribution in [0.15, 0.2) is 36.4 Å². The molecule has 2 aromatic carbocycles. The largest absolute Gasteiger partial charge is 0.493 e. The van der Waals surface area contributed by atoms with Gasteiger partial charge in [-0.15, -0.1) is 0 Å². The maximum Gasteiger partial charge on any atom is 0.220 e. The first-order chi connectivity index (χ1) is 14.1. The van der Waals surface area contributed by atoms with E-state index in [1.807, 2.05) is 43.3 Å². The minimum absolute atomic E-state index is 0.000764. The molecule has 1 aromatic heterocycles. The molecule has 154 valence electrons. The van der Waals surface area contributed by atoms with Gasteiger partial charge in [0.2, 0.25) is 11.7 Å². The molecule has 0 saturated carbocycles. The third kappa shape index (κ3) is 4.62. The van der Waals surface area contributed by atoms with Crippen LogP contribution in [0, 0.1) is 6.92 Å². The number of aryl methyl sites for hydroxylation is 2. The average molecular weight is 397 g/mol. The summed E-state index contributed by atoms with van der Waals surface area (Å²) < 4.78 is 18.2. The maximum absolute atomic E-state index is 12.3. The fourth-order valence-corrected chi connectivity index (χ4v) is 3.41. The standard InChI is InChI=1S/C22H27N3O4/c1-15-24-17-7-5-6-8-18(17)25(15)12-11-23-21(26)10-9-16-13-19(27-2)22(29-4)20(14-16)28-3/h5-8,13-14H,9-12H2,1-4H3,(H,23,26). The molecule has 0 bridgehead atoms. The first-order valence-electron chi connectivity index (χ1n) is 9.54. The number of rotatable bonds is 9. The Kier molecular flexibility index (Phi) is 6.59. The Hall–Kier alpha value is -3.22. The normalized spacial score (nSPS) is 10.8. The zero-order chi connectivity index (χ0) is 20.8. The van der Waals surface area contributed by atoms with E-state index in [1.54, 1.807) is 21.3 Å². The molecule has 3 rings (SSSR count). The van der Waals surface area contributed by atoms with Crippen molar-refractivity contribution < 1.29 is 19.0 Å². The van der Waals surface area contributed by atoms with Crippen molar-refractivity contribution in [1.82, 2.24) is 14.9 Å². The van der Waals surface area contributed by atoms with E-state index in [0.29, 0.717) is 43.2 Å². The summed E-state index contributed by atoms with van der Waals surface area (Å²) in [5.74, 6) is 2.67. The summed E-state index contributed by atoms with van der Waals surface area (Å²) in [7, 11) is 4.73. The van der Waals surface area contributed by atoms with Crippen LogP contribution in [0.25, 0.3) is 11.0 Å². The molecule has 0 aliphatic rings. The molecule has 0 saturated heterocycles. The topological polar surface area (TPSA) is 74.6 Å². The molecule has 29 heavy (non-hydrogen) atoms. The van der Waals surface area contributed by atoms with Gasteiger partial charge in [0.05, 0.1) is 32.4 Å². The smallest absolute Gasteiger partial charge is 0.220 e. The summed E-state index contributed by atoms with van der Waals surface area (Å²) in [6, 6.07) is 11.8. The molecule has 3 aromatic rings. The molecule has 1 amide bonds. The molecule has 1 N–H and O–H groups in total. The predicted octanol–water partition coefficient (Wildman–Crippen LogP) is 3.12. The number of nitrogens with zero attached hydrogens (tertiary/aromatic N) is 2. The fraction of sp³-hybridized carbons (Fsp3) is 0.364. The predicted molar refractivity (Wildman–Crippen MR) is 112 cm³/mol. The van der Waals surface area contributed by atoms with Gasteiger partial charge in [-0.25, -0.2) is 4.98 Å². The van der Waals surface area contributed by atoms with Crippen LogP contribution in [0.1, 0.15) is 17.8 Å². The van der Waals surface area contributed by atoms with E-state index in [0.717, 1.165) is 22.4 Å². The van der Waals surface area contributed by atoms with Gasteiger partial charge in [0.25, 0.3) is 0 Å². The van der Waals surface area contributed by atoms with E-state index < -0.39 is 0 Å². The van der Waals surface area contributed by atoms with Crippen LogP contribution in [0.2, 0.25) is 0 Å². The summed E-state index contributed by atoms with van der Waals surface area (Å²) in [5.41, 5.74) is 3.00. The molecule has 0 aliphatic heterocycles. The first-order valence-corrected chi connectivity index (χ1v) is 9.54. The Morgan fingerprint density at radius 3 is 2.41 bits per heavy atom. The number of fused-ring (bicyclic) bond motifs is 1. The van der Waals surface area contributed by atoms with Crippen molar-refractivity contribution in [2.45, 2.75) is 26.3 Å². The summed E-state index contributed by atoms with van der Waals surface area (Å²) in [5, 5.41) is 2.99. The van der Waals surface area contributed by atoms with Crippen molar-refractivity contribution in [3.63, 3.8) is 0 Å². The second kappa shape index (κ2) is 9.32. The summed E-state index contributed by atoms with van der Waals surface area (Å²) >= 11 is 0. The molecule has 0 spiro atoms. The molecule has 1 heterocycles. The fourth-order valence-electron chi connectivity index (χ4n) is 3.41. The second-order valence-electron chi connectivity index (χ2n) is 6.68. The Bertz CT molecular complexity index is 972. The number of para-hydroxylation sites is 2. The first kappa shape index (κ1) is 20.5. The number of carbonyl (C=O) groups is 1. The number of benzene rings is 2. The van der Waals surface area contributed by atoms with Crippen molar-refractivity contribution >= 4 is 16.9 Å². The Labute approximate surface area is 170 Å². The van der Waals surface area contributed by atoms with Crippen LogP contribution >= 0.6 is 0 Å². The summed E-state index contributed by atoms with van der Waals surface area (Å²) in [6.45, 7) is 3.21. The number of carbonyl (C=O) groups excluding carboxylic acids is 1. The van der Waals surface area contributed by atoms with Crippen molar-refractivity contribution in [2.24, 2.45) is 0 Å². The van der Waals surface area contributed by atoms with Gasteiger partial charge in [0, 0.05) is 19.5 Å². The molecule has 0 radical (unpaired) electrons. The molecule has 0 aliphatic carbocycles. The van der Waals surface area contributed by atoms with Crippen LogP contribution in [0.5, 0.6) is 17.2 Å². The highest BCUT2D eigenvalue weighted by Crippen LogP contribution is 2.38. The number of hydrogen-bond acceptors (Lipinski definition) is 5. The summed E-state index contributed by atoms with van der Waals surface area (Å²) in [6.07, 6.45) is 0.956. The number of amides is 1. The Morgan fingerprint density at radius 1 is 1.07 bits per heavy atom. The number of hydrogen-bond donors (Lipinski definition) is 1. The van der Waals surface area contributed by atoms with Crippen LogP contribution in [-0.2, 0) is 17.8 Å². The Balaban J connectivity index is 1.56. The highest BCUT2D eigenvalue weighted by atomic mass is 16.5. The van der Waals surface area contributed by atoms with Gasteiger partial charge in [-0.1, -0.05) is 12.1 Å². The lowest BCUT2D eigenvalue weighted by molar-refractivity contribution is -0.121. The lowest BCUT2D eigenvalue weighted by atomic mass is 10.1. The third-order valence-electron chi connectivity index (χ3n) is 4.87. The van der Waals surface area contributed by atoms with Crippen molar-refractivity contribution in [3.05, 3.63) is 47.8 Å². The highest BCUT2D eigenvalue weighted by Gasteiger charge is 2.14. The molecule has 7 nitrogen and oxygen atoms in total. The van der Waals surface area contributed by atoms with Crippen LogP contribution < -0.4 is 19.5 Å². The van der Waals surface area contributed by atoms with E-state index in [4.69, 9.17) is 14.2 Å². The zero-order valence-corrected chi connectivity index (χ0v) is 17.3. The third-order valence-corrected chi connectivity index (χ3v) is 4.87. The molecular weight excluding hydrogens is 370 g/mol. The molecule has 0 fully saturated rings. The molecular formula is C22H27N3O4. The average Bonchev–Trinajstić information content (AvgIpc) is 3.06. The minimum Gasteiger partial charge on any atom is -0.493 e. The van der Waals surface area contributed by atoms with Crippen molar-refractivity contribution in [2.75, 3.05) is 27.9 Å². The number of ether oxygens (including phenoxy) is 3. The number of aromatic nitrogens is 2. The van der Waals surface area contributed by atoms with Gasteiger partial charge in [-0.2, -0.15) is 0 Å². The van der Waals surface area contributed by atoms with Gasteiger partial charge in [-0.3, -0.25) is 4.79 Å². The van der Waals surface area contributed by atoms with Gasteiger partial charge >= 0.3 is 0 Å². The van der Waals surface area contributed by atoms with E-state index in [2.05, 4.69) is 14.9 Å². The van der Waals surface area contributed by atoms with E-state index in [-0.39, 0.29) is 5.91 Å². The number of imidazole rings is 1. The monoisotopic (exact) mass is 397 g/mol. The zero-order valence-electron chi connectivity index (χ0n) is 17.3. The van der Waals surface area contributed by atoms with Crippen molar-refractivity contribution in [1.29, 1.82) is 0 Å². The van der Waals surface area contributed by atoms with Gasteiger partial charge in [0.1, 0.15) is 5.82 Å². The minimum atomic E-state index is 0.000764. The van der Waals surface area contributed by atoms with Gasteiger partial charge in [-0.05, 0) is 43.2 Å². The van der Waals surface area contributed by atoms with Crippen LogP contribution in [-0.4, -0.2) is 43.3 Å². The van der Waals surface area contributed by atoms with Crippen LogP contribution in [0.4, 0.5) is 0 Å². The molecule has 0 unspecified atom stereocenters. The number of methoxy groups -OCH3 is 3. The lowest BCUT2D eigenvalue weighted by Gasteiger charge is -2.14. The summed E-state index contributed by atoms with van der Waals surface area (Å²) in [4.78, 5) is 16.9. The molecule has 0 atom stereocenters. The van der Waals surface area contributed by atoms with Crippen molar-refractivity contribution in [3.8, 4) is 17.2 Å². The maximum atomic E-state index is 12.3. The lowest BCUT2D eigenvalue weighted by Crippen LogP contribution is -2.27. The quantitative estimate of drug-likeness (QED) is 0.600.